The predicted molar refractivity (Wildman–Crippen MR) is 179 cm³/mol. The molecule has 0 aliphatic carbocycles. The van der Waals surface area contributed by atoms with Gasteiger partial charge in [0, 0.05) is 59.0 Å². The van der Waals surface area contributed by atoms with Crippen molar-refractivity contribution in [2.24, 2.45) is 0 Å². The van der Waals surface area contributed by atoms with Crippen molar-refractivity contribution >= 4 is 70.3 Å². The van der Waals surface area contributed by atoms with Crippen LogP contribution in [0.25, 0.3) is 70.3 Å². The number of benzene rings is 5. The lowest BCUT2D eigenvalue weighted by molar-refractivity contribution is 1.05. The number of rotatable bonds is 4. The summed E-state index contributed by atoms with van der Waals surface area (Å²) in [4.78, 5) is 0. The molecule has 0 N–H and O–H groups in total. The molecule has 0 radical (unpaired) electrons. The van der Waals surface area contributed by atoms with Crippen LogP contribution < -0.4 is 0 Å². The summed E-state index contributed by atoms with van der Waals surface area (Å²) in [6.07, 6.45) is 6.14. The zero-order valence-electron chi connectivity index (χ0n) is 23.1. The highest BCUT2D eigenvalue weighted by Crippen LogP contribution is 2.42. The maximum atomic E-state index is 3.97. The maximum absolute atomic E-state index is 3.97. The normalized spacial score (nSPS) is 12.1. The van der Waals surface area contributed by atoms with Crippen LogP contribution in [0.5, 0.6) is 0 Å². The summed E-state index contributed by atoms with van der Waals surface area (Å²) in [5.41, 5.74) is 9.73. The van der Waals surface area contributed by atoms with Gasteiger partial charge in [-0.3, -0.25) is 0 Å². The van der Waals surface area contributed by atoms with Crippen LogP contribution in [0.3, 0.4) is 0 Å². The number of hydrogen-bond acceptors (Lipinski definition) is 1. The summed E-state index contributed by atoms with van der Waals surface area (Å²) in [5, 5.41) is 6.47. The molecule has 0 amide bonds. The minimum absolute atomic E-state index is 1.19. The third kappa shape index (κ3) is 3.49. The molecular formula is C38H28N2S. The molecule has 5 aromatic carbocycles. The Morgan fingerprint density at radius 1 is 0.610 bits per heavy atom. The predicted octanol–water partition coefficient (Wildman–Crippen LogP) is 10.9. The second kappa shape index (κ2) is 9.09. The van der Waals surface area contributed by atoms with Crippen molar-refractivity contribution in [2.45, 2.75) is 13.8 Å². The zero-order chi connectivity index (χ0) is 27.7. The van der Waals surface area contributed by atoms with Gasteiger partial charge in [-0.15, -0.1) is 11.3 Å². The summed E-state index contributed by atoms with van der Waals surface area (Å²) in [5.74, 6) is 0. The number of allylic oxidation sites excluding steroid dienone is 2. The van der Waals surface area contributed by atoms with Crippen molar-refractivity contribution in [2.75, 3.05) is 0 Å². The second-order valence-electron chi connectivity index (χ2n) is 10.8. The van der Waals surface area contributed by atoms with Crippen LogP contribution in [-0.4, -0.2) is 9.13 Å². The Bertz CT molecular complexity index is 2360. The monoisotopic (exact) mass is 544 g/mol. The molecule has 0 aliphatic heterocycles. The second-order valence-corrected chi connectivity index (χ2v) is 11.8. The summed E-state index contributed by atoms with van der Waals surface area (Å²) in [7, 11) is 0. The van der Waals surface area contributed by atoms with E-state index in [1.54, 1.807) is 0 Å². The van der Waals surface area contributed by atoms with E-state index in [1.807, 2.05) is 17.4 Å². The van der Waals surface area contributed by atoms with Gasteiger partial charge in [0.15, 0.2) is 0 Å². The molecule has 0 saturated carbocycles. The number of para-hydroxylation sites is 1. The van der Waals surface area contributed by atoms with E-state index in [-0.39, 0.29) is 0 Å². The molecule has 0 bridgehead atoms. The average molecular weight is 545 g/mol. The number of thiophene rings is 1. The molecule has 0 spiro atoms. The lowest BCUT2D eigenvalue weighted by Gasteiger charge is -2.10. The van der Waals surface area contributed by atoms with Gasteiger partial charge in [-0.1, -0.05) is 79.4 Å². The lowest BCUT2D eigenvalue weighted by Crippen LogP contribution is -1.96. The SMILES string of the molecule is C=C/C=C\c1c(C)n(-c2ccc3c(c2)sc2ccccc23)c2ccc3c(c4ccccc4n3-c3cccc(C)c3)c12. The molecule has 0 atom stereocenters. The van der Waals surface area contributed by atoms with E-state index >= 15 is 0 Å². The van der Waals surface area contributed by atoms with E-state index in [2.05, 4.69) is 145 Å². The molecule has 0 aliphatic rings. The van der Waals surface area contributed by atoms with Gasteiger partial charge in [-0.05, 0) is 67.9 Å². The van der Waals surface area contributed by atoms with E-state index in [0.29, 0.717) is 0 Å². The Kier molecular flexibility index (Phi) is 5.31. The van der Waals surface area contributed by atoms with Crippen molar-refractivity contribution in [3.8, 4) is 11.4 Å². The molecule has 41 heavy (non-hydrogen) atoms. The molecule has 8 aromatic rings. The van der Waals surface area contributed by atoms with Crippen LogP contribution in [0.4, 0.5) is 0 Å². The Balaban J connectivity index is 1.50. The fourth-order valence-corrected chi connectivity index (χ4v) is 7.73. The Morgan fingerprint density at radius 3 is 2.17 bits per heavy atom. The Morgan fingerprint density at radius 2 is 1.34 bits per heavy atom. The Hall–Kier alpha value is -4.86. The highest BCUT2D eigenvalue weighted by molar-refractivity contribution is 7.25. The van der Waals surface area contributed by atoms with Crippen LogP contribution in [0.15, 0.2) is 122 Å². The van der Waals surface area contributed by atoms with Crippen LogP contribution in [0.2, 0.25) is 0 Å². The van der Waals surface area contributed by atoms with Crippen LogP contribution >= 0.6 is 11.3 Å². The number of nitrogens with zero attached hydrogens (tertiary/aromatic N) is 2. The molecule has 0 saturated heterocycles. The van der Waals surface area contributed by atoms with Crippen molar-refractivity contribution in [1.82, 2.24) is 9.13 Å². The largest absolute Gasteiger partial charge is 0.313 e. The fourth-order valence-electron chi connectivity index (χ4n) is 6.59. The Labute approximate surface area is 242 Å². The first-order valence-electron chi connectivity index (χ1n) is 14.0. The molecule has 2 nitrogen and oxygen atoms in total. The van der Waals surface area contributed by atoms with Gasteiger partial charge in [0.05, 0.1) is 16.6 Å². The molecule has 196 valence electrons. The smallest absolute Gasteiger partial charge is 0.0548 e. The molecule has 3 heterocycles. The van der Waals surface area contributed by atoms with Gasteiger partial charge in [-0.25, -0.2) is 0 Å². The topological polar surface area (TPSA) is 9.86 Å². The van der Waals surface area contributed by atoms with Gasteiger partial charge >= 0.3 is 0 Å². The zero-order valence-corrected chi connectivity index (χ0v) is 23.9. The third-order valence-electron chi connectivity index (χ3n) is 8.33. The summed E-state index contributed by atoms with van der Waals surface area (Å²) < 4.78 is 7.48. The maximum Gasteiger partial charge on any atom is 0.0548 e. The van der Waals surface area contributed by atoms with E-state index in [4.69, 9.17) is 0 Å². The quantitative estimate of drug-likeness (QED) is 0.195. The minimum Gasteiger partial charge on any atom is -0.313 e. The van der Waals surface area contributed by atoms with Gasteiger partial charge in [0.25, 0.3) is 0 Å². The molecule has 3 heteroatoms. The van der Waals surface area contributed by atoms with Crippen molar-refractivity contribution in [1.29, 1.82) is 0 Å². The molecule has 0 unspecified atom stereocenters. The first kappa shape index (κ1) is 24.0. The summed E-state index contributed by atoms with van der Waals surface area (Å²) in [6, 6.07) is 37.8. The van der Waals surface area contributed by atoms with Crippen molar-refractivity contribution < 1.29 is 0 Å². The van der Waals surface area contributed by atoms with E-state index < -0.39 is 0 Å². The molecular weight excluding hydrogens is 516 g/mol. The lowest BCUT2D eigenvalue weighted by atomic mass is 10.0. The third-order valence-corrected chi connectivity index (χ3v) is 9.46. The van der Waals surface area contributed by atoms with Gasteiger partial charge < -0.3 is 9.13 Å². The number of aryl methyl sites for hydroxylation is 1. The number of hydrogen-bond donors (Lipinski definition) is 0. The fraction of sp³-hybridized carbons (Fsp3) is 0.0526. The number of fused-ring (bicyclic) bond motifs is 8. The van der Waals surface area contributed by atoms with Crippen LogP contribution in [0, 0.1) is 13.8 Å². The highest BCUT2D eigenvalue weighted by Gasteiger charge is 2.21. The van der Waals surface area contributed by atoms with Crippen molar-refractivity contribution in [3.05, 3.63) is 139 Å². The van der Waals surface area contributed by atoms with E-state index in [0.717, 1.165) is 0 Å². The van der Waals surface area contributed by atoms with Gasteiger partial charge in [0.1, 0.15) is 0 Å². The minimum atomic E-state index is 1.19. The average Bonchev–Trinajstić information content (AvgIpc) is 3.62. The summed E-state index contributed by atoms with van der Waals surface area (Å²) >= 11 is 1.87. The first-order valence-corrected chi connectivity index (χ1v) is 14.8. The van der Waals surface area contributed by atoms with Crippen LogP contribution in [0.1, 0.15) is 16.8 Å². The highest BCUT2D eigenvalue weighted by atomic mass is 32.1. The number of aromatic nitrogens is 2. The van der Waals surface area contributed by atoms with E-state index in [1.165, 1.54) is 81.1 Å². The standard InChI is InChI=1S/C38H28N2S/c1-4-5-13-28-25(3)39(27-18-19-30-29-14-7-9-17-35(29)41-36(30)23-27)33-20-21-34-38(37(28)33)31-15-6-8-16-32(31)40(34)26-12-10-11-24(2)22-26/h4-23H,1H2,2-3H3/b13-5-. The van der Waals surface area contributed by atoms with Gasteiger partial charge in [-0.2, -0.15) is 0 Å². The van der Waals surface area contributed by atoms with Crippen LogP contribution in [-0.2, 0) is 0 Å². The van der Waals surface area contributed by atoms with Gasteiger partial charge in [0.2, 0.25) is 0 Å². The molecule has 8 rings (SSSR count). The first-order chi connectivity index (χ1) is 20.1. The molecule has 0 fully saturated rings. The van der Waals surface area contributed by atoms with E-state index in [9.17, 15) is 0 Å². The summed E-state index contributed by atoms with van der Waals surface area (Å²) in [6.45, 7) is 8.37. The van der Waals surface area contributed by atoms with Crippen molar-refractivity contribution in [3.63, 3.8) is 0 Å². The molecule has 3 aromatic heterocycles.